The molecule has 0 aromatic heterocycles. The van der Waals surface area contributed by atoms with E-state index in [9.17, 15) is 4.79 Å². The molecule has 1 saturated carbocycles. The maximum absolute atomic E-state index is 11.3. The zero-order valence-electron chi connectivity index (χ0n) is 16.9. The lowest BCUT2D eigenvalue weighted by atomic mass is 9.90. The first-order valence-corrected chi connectivity index (χ1v) is 11.0. The van der Waals surface area contributed by atoms with Gasteiger partial charge >= 0.3 is 5.97 Å². The minimum atomic E-state index is -0.179. The van der Waals surface area contributed by atoms with Crippen molar-refractivity contribution in [2.45, 2.75) is 38.0 Å². The van der Waals surface area contributed by atoms with Crippen LogP contribution >= 0.6 is 0 Å². The van der Waals surface area contributed by atoms with Crippen molar-refractivity contribution in [1.29, 1.82) is 0 Å². The van der Waals surface area contributed by atoms with E-state index in [0.717, 1.165) is 35.6 Å². The monoisotopic (exact) mass is 391 g/mol. The fraction of sp³-hybridized carbons (Fsp3) is 0.480. The number of hydrogen-bond donors (Lipinski definition) is 0. The first-order valence-electron chi connectivity index (χ1n) is 11.0. The van der Waals surface area contributed by atoms with Crippen LogP contribution < -0.4 is 9.47 Å². The summed E-state index contributed by atoms with van der Waals surface area (Å²) >= 11 is 0. The second-order valence-corrected chi connectivity index (χ2v) is 8.80. The zero-order valence-corrected chi connectivity index (χ0v) is 16.9. The number of nitrogens with zero attached hydrogens (tertiary/aromatic N) is 1. The highest BCUT2D eigenvalue weighted by Crippen LogP contribution is 2.51. The van der Waals surface area contributed by atoms with E-state index in [-0.39, 0.29) is 5.97 Å². The molecule has 0 unspecified atom stereocenters. The zero-order chi connectivity index (χ0) is 19.6. The quantitative estimate of drug-likeness (QED) is 0.517. The average Bonchev–Trinajstić information content (AvgIpc) is 3.41. The number of hydrogen-bond acceptors (Lipinski definition) is 4. The summed E-state index contributed by atoms with van der Waals surface area (Å²) in [4.78, 5) is 13.9. The highest BCUT2D eigenvalue weighted by atomic mass is 16.5. The van der Waals surface area contributed by atoms with E-state index in [2.05, 4.69) is 35.2 Å². The Morgan fingerprint density at radius 2 is 1.90 bits per heavy atom. The summed E-state index contributed by atoms with van der Waals surface area (Å²) in [7, 11) is 0. The van der Waals surface area contributed by atoms with Gasteiger partial charge in [0.15, 0.2) is 0 Å². The Morgan fingerprint density at radius 1 is 1.07 bits per heavy atom. The van der Waals surface area contributed by atoms with Crippen molar-refractivity contribution in [3.8, 4) is 11.5 Å². The van der Waals surface area contributed by atoms with Crippen molar-refractivity contribution in [2.75, 3.05) is 26.2 Å². The fourth-order valence-electron chi connectivity index (χ4n) is 4.96. The molecule has 2 heterocycles. The fourth-order valence-corrected chi connectivity index (χ4v) is 4.96. The van der Waals surface area contributed by atoms with Crippen LogP contribution in [0.3, 0.4) is 0 Å². The molecule has 0 radical (unpaired) electrons. The van der Waals surface area contributed by atoms with Gasteiger partial charge in [0.1, 0.15) is 18.1 Å². The third kappa shape index (κ3) is 4.48. The van der Waals surface area contributed by atoms with Crippen LogP contribution in [0.15, 0.2) is 48.5 Å². The molecule has 4 heteroatoms. The summed E-state index contributed by atoms with van der Waals surface area (Å²) in [5.41, 5.74) is 2.49. The van der Waals surface area contributed by atoms with Crippen LogP contribution in [0.5, 0.6) is 11.5 Å². The number of carbonyl (C=O) groups is 1. The van der Waals surface area contributed by atoms with Crippen molar-refractivity contribution < 1.29 is 14.3 Å². The topological polar surface area (TPSA) is 38.8 Å². The van der Waals surface area contributed by atoms with Gasteiger partial charge in [-0.25, -0.2) is 0 Å². The third-order valence-corrected chi connectivity index (χ3v) is 6.77. The number of fused-ring (bicyclic) bond motifs is 1. The average molecular weight is 392 g/mol. The van der Waals surface area contributed by atoms with E-state index in [1.165, 1.54) is 44.3 Å². The lowest BCUT2D eigenvalue weighted by Gasteiger charge is -2.32. The summed E-state index contributed by atoms with van der Waals surface area (Å²) in [6.07, 6.45) is 5.78. The molecular formula is C25H29NO3. The molecule has 0 amide bonds. The second kappa shape index (κ2) is 8.19. The molecule has 1 saturated heterocycles. The van der Waals surface area contributed by atoms with Gasteiger partial charge in [0.25, 0.3) is 0 Å². The van der Waals surface area contributed by atoms with E-state index in [1.54, 1.807) is 0 Å². The molecule has 0 N–H and O–H groups in total. The molecular weight excluding hydrogens is 362 g/mol. The predicted octanol–water partition coefficient (Wildman–Crippen LogP) is 4.43. The number of carbonyl (C=O) groups excluding carboxylic acids is 1. The number of piperidine rings is 1. The van der Waals surface area contributed by atoms with Crippen molar-refractivity contribution in [3.05, 3.63) is 59.7 Å². The number of benzene rings is 2. The summed E-state index contributed by atoms with van der Waals surface area (Å²) in [5.74, 6) is 3.87. The van der Waals surface area contributed by atoms with Gasteiger partial charge in [0.2, 0.25) is 0 Å². The number of rotatable bonds is 7. The molecule has 1 aliphatic carbocycles. The smallest absolute Gasteiger partial charge is 0.315 e. The molecule has 0 bridgehead atoms. The first kappa shape index (κ1) is 18.7. The van der Waals surface area contributed by atoms with Gasteiger partial charge in [0, 0.05) is 18.2 Å². The Labute approximate surface area is 172 Å². The molecule has 0 spiro atoms. The first-order chi connectivity index (χ1) is 14.2. The summed E-state index contributed by atoms with van der Waals surface area (Å²) in [5, 5.41) is 0. The Bertz CT molecular complexity index is 858. The minimum Gasteiger partial charge on any atom is -0.492 e. The van der Waals surface area contributed by atoms with Gasteiger partial charge in [-0.1, -0.05) is 36.4 Å². The van der Waals surface area contributed by atoms with Crippen molar-refractivity contribution >= 4 is 5.97 Å². The van der Waals surface area contributed by atoms with Gasteiger partial charge < -0.3 is 9.47 Å². The van der Waals surface area contributed by atoms with Crippen LogP contribution in [0.25, 0.3) is 0 Å². The second-order valence-electron chi connectivity index (χ2n) is 8.80. The lowest BCUT2D eigenvalue weighted by Crippen LogP contribution is -2.36. The Hall–Kier alpha value is -2.33. The highest BCUT2D eigenvalue weighted by molar-refractivity contribution is 5.81. The van der Waals surface area contributed by atoms with Crippen molar-refractivity contribution in [3.63, 3.8) is 0 Å². The summed E-state index contributed by atoms with van der Waals surface area (Å²) < 4.78 is 11.1. The SMILES string of the molecule is O=C1Cc2ccc(OCCN3CCC(C[C@@H]4C[C@H]4c4ccccc4)CC3)cc2O1. The number of esters is 1. The van der Waals surface area contributed by atoms with Crippen molar-refractivity contribution in [2.24, 2.45) is 11.8 Å². The predicted molar refractivity (Wildman–Crippen MR) is 112 cm³/mol. The van der Waals surface area contributed by atoms with Crippen LogP contribution in [-0.4, -0.2) is 37.1 Å². The van der Waals surface area contributed by atoms with Gasteiger partial charge in [-0.3, -0.25) is 9.69 Å². The number of likely N-dealkylation sites (tertiary alicyclic amines) is 1. The van der Waals surface area contributed by atoms with Gasteiger partial charge in [-0.05, 0) is 68.2 Å². The molecule has 2 fully saturated rings. The molecule has 5 rings (SSSR count). The molecule has 2 aromatic rings. The highest BCUT2D eigenvalue weighted by Gasteiger charge is 2.39. The molecule has 4 nitrogen and oxygen atoms in total. The minimum absolute atomic E-state index is 0.179. The molecule has 3 aliphatic rings. The maximum atomic E-state index is 11.3. The van der Waals surface area contributed by atoms with E-state index in [0.29, 0.717) is 18.8 Å². The Balaban J connectivity index is 1.01. The lowest BCUT2D eigenvalue weighted by molar-refractivity contribution is -0.131. The number of ether oxygens (including phenoxy) is 2. The molecule has 2 aliphatic heterocycles. The third-order valence-electron chi connectivity index (χ3n) is 6.77. The summed E-state index contributed by atoms with van der Waals surface area (Å²) in [6, 6.07) is 16.7. The Morgan fingerprint density at radius 3 is 2.72 bits per heavy atom. The molecule has 152 valence electrons. The van der Waals surface area contributed by atoms with E-state index < -0.39 is 0 Å². The summed E-state index contributed by atoms with van der Waals surface area (Å²) in [6.45, 7) is 3.99. The van der Waals surface area contributed by atoms with E-state index >= 15 is 0 Å². The molecule has 2 aromatic carbocycles. The molecule has 2 atom stereocenters. The van der Waals surface area contributed by atoms with Crippen LogP contribution in [0.2, 0.25) is 0 Å². The van der Waals surface area contributed by atoms with Gasteiger partial charge in [-0.2, -0.15) is 0 Å². The largest absolute Gasteiger partial charge is 0.492 e. The van der Waals surface area contributed by atoms with Crippen molar-refractivity contribution in [1.82, 2.24) is 4.90 Å². The van der Waals surface area contributed by atoms with Crippen LogP contribution in [0.4, 0.5) is 0 Å². The van der Waals surface area contributed by atoms with Gasteiger partial charge in [-0.15, -0.1) is 0 Å². The Kier molecular flexibility index (Phi) is 5.28. The van der Waals surface area contributed by atoms with E-state index in [1.807, 2.05) is 18.2 Å². The molecule has 29 heavy (non-hydrogen) atoms. The normalized spacial score (nSPS) is 24.2. The maximum Gasteiger partial charge on any atom is 0.315 e. The standard InChI is InChI=1S/C25H29NO3/c27-25-16-20-6-7-22(17-24(20)29-25)28-13-12-26-10-8-18(9-11-26)14-21-15-23(21)19-4-2-1-3-5-19/h1-7,17-18,21,23H,8-16H2/t21-,23+/m1/s1. The van der Waals surface area contributed by atoms with Crippen LogP contribution in [-0.2, 0) is 11.2 Å². The van der Waals surface area contributed by atoms with Crippen LogP contribution in [0, 0.1) is 11.8 Å². The van der Waals surface area contributed by atoms with E-state index in [4.69, 9.17) is 9.47 Å². The van der Waals surface area contributed by atoms with Crippen LogP contribution in [0.1, 0.15) is 42.7 Å². The van der Waals surface area contributed by atoms with Gasteiger partial charge in [0.05, 0.1) is 6.42 Å².